The molecule has 1 heterocycles. The van der Waals surface area contributed by atoms with E-state index in [1.807, 2.05) is 0 Å². The van der Waals surface area contributed by atoms with Crippen molar-refractivity contribution in [3.05, 3.63) is 0 Å². The van der Waals surface area contributed by atoms with Crippen molar-refractivity contribution < 1.29 is 47.7 Å². The van der Waals surface area contributed by atoms with Crippen LogP contribution in [0, 0.1) is 0 Å². The zero-order valence-corrected chi connectivity index (χ0v) is 15.7. The van der Waals surface area contributed by atoms with Gasteiger partial charge >= 0.3 is 23.9 Å². The van der Waals surface area contributed by atoms with Gasteiger partial charge in [-0.15, -0.1) is 0 Å². The molecule has 0 saturated carbocycles. The predicted molar refractivity (Wildman–Crippen MR) is 85.8 cm³/mol. The van der Waals surface area contributed by atoms with Crippen LogP contribution in [-0.4, -0.2) is 67.0 Å². The van der Waals surface area contributed by atoms with Crippen LogP contribution in [0.15, 0.2) is 0 Å². The van der Waals surface area contributed by atoms with Crippen LogP contribution in [0.1, 0.15) is 34.6 Å². The van der Waals surface area contributed by atoms with Crippen molar-refractivity contribution >= 4 is 29.8 Å². The summed E-state index contributed by atoms with van der Waals surface area (Å²) in [5.41, 5.74) is 0. The van der Waals surface area contributed by atoms with E-state index in [2.05, 4.69) is 5.32 Å². The minimum absolute atomic E-state index is 0.365. The average molecular weight is 389 g/mol. The lowest BCUT2D eigenvalue weighted by Gasteiger charge is -2.44. The second-order valence-electron chi connectivity index (χ2n) is 5.83. The predicted octanol–water partition coefficient (Wildman–Crippen LogP) is -0.794. The van der Waals surface area contributed by atoms with Crippen molar-refractivity contribution in [3.63, 3.8) is 0 Å². The van der Waals surface area contributed by atoms with E-state index in [1.54, 1.807) is 0 Å². The van der Waals surface area contributed by atoms with Gasteiger partial charge in [0.05, 0.1) is 0 Å². The van der Waals surface area contributed by atoms with Gasteiger partial charge in [-0.2, -0.15) is 0 Å². The Bertz CT molecular complexity index is 604. The lowest BCUT2D eigenvalue weighted by Crippen LogP contribution is -2.66. The molecule has 1 saturated heterocycles. The number of rotatable bonds is 6. The third kappa shape index (κ3) is 7.21. The van der Waals surface area contributed by atoms with Gasteiger partial charge in [0.25, 0.3) is 0 Å². The van der Waals surface area contributed by atoms with Gasteiger partial charge in [0.1, 0.15) is 18.8 Å². The van der Waals surface area contributed by atoms with Gasteiger partial charge < -0.3 is 29.0 Å². The van der Waals surface area contributed by atoms with Gasteiger partial charge in [-0.25, -0.2) is 0 Å². The van der Waals surface area contributed by atoms with Crippen LogP contribution in [0.2, 0.25) is 0 Å². The summed E-state index contributed by atoms with van der Waals surface area (Å²) in [4.78, 5) is 57.2. The van der Waals surface area contributed by atoms with Gasteiger partial charge in [0, 0.05) is 34.6 Å². The SMILES string of the molecule is CC(=O)NC1C(OC(C)=O)OC(COC(C)=O)[C@@H](OC(C)=O)C1OC(C)=O. The van der Waals surface area contributed by atoms with Crippen molar-refractivity contribution in [1.82, 2.24) is 5.32 Å². The van der Waals surface area contributed by atoms with Crippen LogP contribution >= 0.6 is 0 Å². The Morgan fingerprint density at radius 2 is 1.30 bits per heavy atom. The molecule has 11 heteroatoms. The summed E-state index contributed by atoms with van der Waals surface area (Å²) in [6.45, 7) is 5.36. The number of nitrogens with one attached hydrogen (secondary N) is 1. The van der Waals surface area contributed by atoms with E-state index < -0.39 is 60.4 Å². The molecule has 0 aromatic rings. The number of hydrogen-bond acceptors (Lipinski definition) is 10. The van der Waals surface area contributed by atoms with Crippen molar-refractivity contribution in [3.8, 4) is 0 Å². The Kier molecular flexibility index (Phi) is 8.16. The zero-order valence-electron chi connectivity index (χ0n) is 15.7. The van der Waals surface area contributed by atoms with Gasteiger partial charge in [-0.3, -0.25) is 24.0 Å². The highest BCUT2D eigenvalue weighted by atomic mass is 16.7. The van der Waals surface area contributed by atoms with Crippen LogP contribution in [0.4, 0.5) is 0 Å². The van der Waals surface area contributed by atoms with E-state index in [0.29, 0.717) is 0 Å². The number of carbonyl (C=O) groups is 5. The fourth-order valence-corrected chi connectivity index (χ4v) is 2.55. The van der Waals surface area contributed by atoms with E-state index >= 15 is 0 Å². The fourth-order valence-electron chi connectivity index (χ4n) is 2.55. The second-order valence-corrected chi connectivity index (χ2v) is 5.83. The minimum Gasteiger partial charge on any atom is -0.463 e. The summed E-state index contributed by atoms with van der Waals surface area (Å²) in [6.07, 6.45) is -4.97. The summed E-state index contributed by atoms with van der Waals surface area (Å²) in [6, 6.07) is -1.16. The normalized spacial score (nSPS) is 27.1. The molecule has 1 amide bonds. The van der Waals surface area contributed by atoms with E-state index in [9.17, 15) is 24.0 Å². The molecule has 0 aliphatic carbocycles. The first kappa shape index (κ1) is 22.4. The first-order valence-electron chi connectivity index (χ1n) is 8.08. The third-order valence-corrected chi connectivity index (χ3v) is 3.35. The first-order chi connectivity index (χ1) is 12.5. The standard InChI is InChI=1S/C16H23NO10/c1-7(18)17-13-15(25-10(4)21)14(24-9(3)20)12(6-23-8(2)19)27-16(13)26-11(5)22/h12-16H,6H2,1-5H3,(H,17,18)/t12?,13?,14-,15?,16?/m1/s1. The van der Waals surface area contributed by atoms with Crippen LogP contribution in [-0.2, 0) is 47.7 Å². The Hall–Kier alpha value is -2.69. The van der Waals surface area contributed by atoms with Crippen molar-refractivity contribution in [1.29, 1.82) is 0 Å². The lowest BCUT2D eigenvalue weighted by atomic mass is 9.96. The Morgan fingerprint density at radius 1 is 0.778 bits per heavy atom. The van der Waals surface area contributed by atoms with Crippen LogP contribution in [0.3, 0.4) is 0 Å². The summed E-state index contributed by atoms with van der Waals surface area (Å²) in [7, 11) is 0. The number of amides is 1. The highest BCUT2D eigenvalue weighted by Crippen LogP contribution is 2.28. The third-order valence-electron chi connectivity index (χ3n) is 3.35. The molecule has 152 valence electrons. The summed E-state index contributed by atoms with van der Waals surface area (Å²) in [5.74, 6) is -3.34. The maximum atomic E-state index is 11.6. The lowest BCUT2D eigenvalue weighted by molar-refractivity contribution is -0.270. The maximum Gasteiger partial charge on any atom is 0.305 e. The Balaban J connectivity index is 3.29. The molecule has 0 aromatic heterocycles. The second kappa shape index (κ2) is 9.86. The molecule has 0 spiro atoms. The van der Waals surface area contributed by atoms with E-state index in [4.69, 9.17) is 23.7 Å². The number of esters is 4. The van der Waals surface area contributed by atoms with Gasteiger partial charge in [-0.05, 0) is 0 Å². The topological polar surface area (TPSA) is 144 Å². The molecule has 1 N–H and O–H groups in total. The molecule has 0 radical (unpaired) electrons. The van der Waals surface area contributed by atoms with Crippen LogP contribution in [0.5, 0.6) is 0 Å². The first-order valence-corrected chi connectivity index (χ1v) is 8.08. The summed E-state index contributed by atoms with van der Waals surface area (Å²) < 4.78 is 25.9. The molecule has 1 fully saturated rings. The van der Waals surface area contributed by atoms with Crippen LogP contribution < -0.4 is 5.32 Å². The Labute approximate surface area is 155 Å². The van der Waals surface area contributed by atoms with Gasteiger partial charge in [0.15, 0.2) is 12.2 Å². The van der Waals surface area contributed by atoms with E-state index in [-0.39, 0.29) is 6.61 Å². The monoisotopic (exact) mass is 389 g/mol. The average Bonchev–Trinajstić information content (AvgIpc) is 2.49. The molecular weight excluding hydrogens is 366 g/mol. The molecule has 0 aromatic carbocycles. The molecule has 27 heavy (non-hydrogen) atoms. The molecule has 4 unspecified atom stereocenters. The van der Waals surface area contributed by atoms with Gasteiger partial charge in [0.2, 0.25) is 12.2 Å². The zero-order chi connectivity index (χ0) is 20.7. The highest BCUT2D eigenvalue weighted by Gasteiger charge is 2.52. The molecule has 11 nitrogen and oxygen atoms in total. The maximum absolute atomic E-state index is 11.6. The van der Waals surface area contributed by atoms with Crippen LogP contribution in [0.25, 0.3) is 0 Å². The fraction of sp³-hybridized carbons (Fsp3) is 0.688. The molecule has 0 bridgehead atoms. The van der Waals surface area contributed by atoms with E-state index in [0.717, 1.165) is 27.7 Å². The van der Waals surface area contributed by atoms with Crippen molar-refractivity contribution in [2.75, 3.05) is 6.61 Å². The molecule has 1 aliphatic heterocycles. The van der Waals surface area contributed by atoms with Crippen molar-refractivity contribution in [2.24, 2.45) is 0 Å². The summed E-state index contributed by atoms with van der Waals surface area (Å²) in [5, 5.41) is 2.46. The molecular formula is C16H23NO10. The molecule has 1 rings (SSSR count). The molecule has 5 atom stereocenters. The minimum atomic E-state index is -1.37. The molecule has 1 aliphatic rings. The number of hydrogen-bond donors (Lipinski definition) is 1. The van der Waals surface area contributed by atoms with E-state index in [1.165, 1.54) is 6.92 Å². The summed E-state index contributed by atoms with van der Waals surface area (Å²) >= 11 is 0. The number of carbonyl (C=O) groups excluding carboxylic acids is 5. The van der Waals surface area contributed by atoms with Crippen molar-refractivity contribution in [2.45, 2.75) is 65.3 Å². The Morgan fingerprint density at radius 3 is 1.74 bits per heavy atom. The van der Waals surface area contributed by atoms with Gasteiger partial charge in [-0.1, -0.05) is 0 Å². The quantitative estimate of drug-likeness (QED) is 0.453. The largest absolute Gasteiger partial charge is 0.463 e. The number of ether oxygens (including phenoxy) is 5. The highest BCUT2D eigenvalue weighted by molar-refractivity contribution is 5.74. The smallest absolute Gasteiger partial charge is 0.305 e.